The largest absolute Gasteiger partial charge is 0.497 e. The molecule has 18 heavy (non-hydrogen) atoms. The van der Waals surface area contributed by atoms with Crippen LogP contribution in [0.4, 0.5) is 0 Å². The quantitative estimate of drug-likeness (QED) is 0.734. The van der Waals surface area contributed by atoms with E-state index in [0.29, 0.717) is 13.2 Å². The van der Waals surface area contributed by atoms with Gasteiger partial charge in [-0.05, 0) is 49.6 Å². The Morgan fingerprint density at radius 3 is 2.56 bits per heavy atom. The first-order valence-electron chi connectivity index (χ1n) is 6.43. The number of ether oxygens (including phenoxy) is 2. The zero-order chi connectivity index (χ0) is 12.8. The van der Waals surface area contributed by atoms with Gasteiger partial charge in [0.15, 0.2) is 0 Å². The Balaban J connectivity index is 1.62. The molecule has 1 aromatic carbocycles. The van der Waals surface area contributed by atoms with Gasteiger partial charge in [-0.3, -0.25) is 0 Å². The summed E-state index contributed by atoms with van der Waals surface area (Å²) in [7, 11) is 1.63. The highest BCUT2D eigenvalue weighted by Gasteiger charge is 2.20. The summed E-state index contributed by atoms with van der Waals surface area (Å²) < 4.78 is 10.6. The molecule has 1 unspecified atom stereocenters. The minimum Gasteiger partial charge on any atom is -0.497 e. The fourth-order valence-electron chi connectivity index (χ4n) is 1.70. The molecule has 1 fully saturated rings. The van der Waals surface area contributed by atoms with Crippen LogP contribution < -0.4 is 14.8 Å². The highest BCUT2D eigenvalue weighted by atomic mass is 16.5. The summed E-state index contributed by atoms with van der Waals surface area (Å²) in [6.45, 7) is 1.91. The molecule has 4 nitrogen and oxygen atoms in total. The Hall–Kier alpha value is -1.26. The van der Waals surface area contributed by atoms with Gasteiger partial charge in [-0.25, -0.2) is 0 Å². The van der Waals surface area contributed by atoms with Gasteiger partial charge in [0, 0.05) is 6.54 Å². The number of hydrogen-bond donors (Lipinski definition) is 2. The molecule has 0 aliphatic heterocycles. The van der Waals surface area contributed by atoms with Crippen molar-refractivity contribution in [2.24, 2.45) is 5.92 Å². The lowest BCUT2D eigenvalue weighted by molar-refractivity contribution is 0.106. The SMILES string of the molecule is COc1ccc(OCC(O)CNCC2CC2)cc1. The van der Waals surface area contributed by atoms with E-state index in [2.05, 4.69) is 5.32 Å². The molecule has 1 aliphatic carbocycles. The van der Waals surface area contributed by atoms with E-state index in [4.69, 9.17) is 9.47 Å². The average Bonchev–Trinajstić information content (AvgIpc) is 3.21. The third kappa shape index (κ3) is 4.55. The molecular weight excluding hydrogens is 230 g/mol. The topological polar surface area (TPSA) is 50.7 Å². The lowest BCUT2D eigenvalue weighted by Gasteiger charge is -2.13. The van der Waals surface area contributed by atoms with Gasteiger partial charge in [-0.1, -0.05) is 0 Å². The predicted molar refractivity (Wildman–Crippen MR) is 70.1 cm³/mol. The molecule has 2 rings (SSSR count). The van der Waals surface area contributed by atoms with Crippen LogP contribution in [0.25, 0.3) is 0 Å². The number of rotatable bonds is 8. The van der Waals surface area contributed by atoms with Crippen molar-refractivity contribution in [3.8, 4) is 11.5 Å². The zero-order valence-corrected chi connectivity index (χ0v) is 10.8. The van der Waals surface area contributed by atoms with Gasteiger partial charge < -0.3 is 19.9 Å². The van der Waals surface area contributed by atoms with Crippen molar-refractivity contribution in [1.82, 2.24) is 5.32 Å². The molecular formula is C14H21NO3. The number of nitrogens with one attached hydrogen (secondary N) is 1. The molecule has 0 amide bonds. The van der Waals surface area contributed by atoms with E-state index in [9.17, 15) is 5.11 Å². The summed E-state index contributed by atoms with van der Waals surface area (Å²) in [6.07, 6.45) is 2.18. The highest BCUT2D eigenvalue weighted by Crippen LogP contribution is 2.27. The number of aliphatic hydroxyl groups is 1. The van der Waals surface area contributed by atoms with Crippen molar-refractivity contribution in [1.29, 1.82) is 0 Å². The molecule has 0 radical (unpaired) electrons. The van der Waals surface area contributed by atoms with Crippen LogP contribution in [0.1, 0.15) is 12.8 Å². The van der Waals surface area contributed by atoms with Gasteiger partial charge in [0.25, 0.3) is 0 Å². The van der Waals surface area contributed by atoms with Crippen molar-refractivity contribution in [2.45, 2.75) is 18.9 Å². The van der Waals surface area contributed by atoms with E-state index in [0.717, 1.165) is 24.0 Å². The Labute approximate surface area is 108 Å². The van der Waals surface area contributed by atoms with Crippen molar-refractivity contribution < 1.29 is 14.6 Å². The maximum atomic E-state index is 9.73. The summed E-state index contributed by atoms with van der Waals surface area (Å²) in [6, 6.07) is 7.35. The molecule has 1 aromatic rings. The fraction of sp³-hybridized carbons (Fsp3) is 0.571. The Kier molecular flexibility index (Phi) is 4.84. The van der Waals surface area contributed by atoms with Crippen molar-refractivity contribution in [3.63, 3.8) is 0 Å². The summed E-state index contributed by atoms with van der Waals surface area (Å²) in [5.41, 5.74) is 0. The van der Waals surface area contributed by atoms with Crippen LogP contribution in [0.5, 0.6) is 11.5 Å². The zero-order valence-electron chi connectivity index (χ0n) is 10.8. The van der Waals surface area contributed by atoms with Gasteiger partial charge >= 0.3 is 0 Å². The summed E-state index contributed by atoms with van der Waals surface area (Å²) in [4.78, 5) is 0. The van der Waals surface area contributed by atoms with Crippen molar-refractivity contribution >= 4 is 0 Å². The van der Waals surface area contributed by atoms with Gasteiger partial charge in [-0.15, -0.1) is 0 Å². The third-order valence-electron chi connectivity index (χ3n) is 3.01. The average molecular weight is 251 g/mol. The maximum absolute atomic E-state index is 9.73. The molecule has 1 saturated carbocycles. The van der Waals surface area contributed by atoms with Crippen LogP contribution >= 0.6 is 0 Å². The first-order valence-corrected chi connectivity index (χ1v) is 6.43. The number of hydrogen-bond acceptors (Lipinski definition) is 4. The van der Waals surface area contributed by atoms with E-state index in [1.165, 1.54) is 12.8 Å². The monoisotopic (exact) mass is 251 g/mol. The van der Waals surface area contributed by atoms with E-state index in [1.54, 1.807) is 7.11 Å². The van der Waals surface area contributed by atoms with E-state index < -0.39 is 6.10 Å². The van der Waals surface area contributed by atoms with Crippen LogP contribution in [0.2, 0.25) is 0 Å². The Morgan fingerprint density at radius 1 is 1.28 bits per heavy atom. The van der Waals surface area contributed by atoms with E-state index in [1.807, 2.05) is 24.3 Å². The molecule has 0 heterocycles. The van der Waals surface area contributed by atoms with Crippen LogP contribution in [0.15, 0.2) is 24.3 Å². The van der Waals surface area contributed by atoms with E-state index >= 15 is 0 Å². The number of methoxy groups -OCH3 is 1. The minimum atomic E-state index is -0.467. The van der Waals surface area contributed by atoms with Crippen LogP contribution in [-0.4, -0.2) is 38.0 Å². The van der Waals surface area contributed by atoms with E-state index in [-0.39, 0.29) is 0 Å². The molecule has 100 valence electrons. The third-order valence-corrected chi connectivity index (χ3v) is 3.01. The van der Waals surface area contributed by atoms with Crippen LogP contribution in [0, 0.1) is 5.92 Å². The molecule has 2 N–H and O–H groups in total. The van der Waals surface area contributed by atoms with Crippen molar-refractivity contribution in [3.05, 3.63) is 24.3 Å². The van der Waals surface area contributed by atoms with Gasteiger partial charge in [0.2, 0.25) is 0 Å². The number of benzene rings is 1. The minimum absolute atomic E-state index is 0.310. The normalized spacial score (nSPS) is 16.3. The first kappa shape index (κ1) is 13.2. The molecule has 1 aliphatic rings. The molecule has 0 spiro atoms. The predicted octanol–water partition coefficient (Wildman–Crippen LogP) is 1.43. The summed E-state index contributed by atoms with van der Waals surface area (Å²) in [5, 5.41) is 13.0. The second-order valence-electron chi connectivity index (χ2n) is 4.74. The smallest absolute Gasteiger partial charge is 0.119 e. The number of aliphatic hydroxyl groups excluding tert-OH is 1. The Bertz CT molecular complexity index is 349. The molecule has 4 heteroatoms. The second-order valence-corrected chi connectivity index (χ2v) is 4.74. The lowest BCUT2D eigenvalue weighted by Crippen LogP contribution is -2.32. The lowest BCUT2D eigenvalue weighted by atomic mass is 10.3. The summed E-state index contributed by atoms with van der Waals surface area (Å²) >= 11 is 0. The van der Waals surface area contributed by atoms with Gasteiger partial charge in [0.1, 0.15) is 24.2 Å². The summed E-state index contributed by atoms with van der Waals surface area (Å²) in [5.74, 6) is 2.38. The standard InChI is InChI=1S/C14H21NO3/c1-17-13-4-6-14(7-5-13)18-10-12(16)9-15-8-11-2-3-11/h4-7,11-12,15-16H,2-3,8-10H2,1H3. The highest BCUT2D eigenvalue weighted by molar-refractivity contribution is 5.31. The van der Waals surface area contributed by atoms with Crippen molar-refractivity contribution in [2.75, 3.05) is 26.8 Å². The van der Waals surface area contributed by atoms with Gasteiger partial charge in [-0.2, -0.15) is 0 Å². The Morgan fingerprint density at radius 2 is 1.94 bits per heavy atom. The molecule has 0 bridgehead atoms. The molecule has 1 atom stereocenters. The van der Waals surface area contributed by atoms with Crippen LogP contribution in [0.3, 0.4) is 0 Å². The maximum Gasteiger partial charge on any atom is 0.119 e. The fourth-order valence-corrected chi connectivity index (χ4v) is 1.70. The molecule has 0 saturated heterocycles. The second kappa shape index (κ2) is 6.61. The van der Waals surface area contributed by atoms with Gasteiger partial charge in [0.05, 0.1) is 7.11 Å². The van der Waals surface area contributed by atoms with Crippen LogP contribution in [-0.2, 0) is 0 Å². The first-order chi connectivity index (χ1) is 8.78. The molecule has 0 aromatic heterocycles.